The van der Waals surface area contributed by atoms with Crippen LogP contribution in [0.15, 0.2) is 42.6 Å². The van der Waals surface area contributed by atoms with Gasteiger partial charge in [-0.1, -0.05) is 31.2 Å². The van der Waals surface area contributed by atoms with E-state index in [1.807, 2.05) is 29.8 Å². The lowest BCUT2D eigenvalue weighted by Crippen LogP contribution is -2.04. The Kier molecular flexibility index (Phi) is 3.00. The Hall–Kier alpha value is -2.03. The zero-order chi connectivity index (χ0) is 12.4. The molecule has 88 valence electrons. The summed E-state index contributed by atoms with van der Waals surface area (Å²) in [5.74, 6) is -0.891. The largest absolute Gasteiger partial charge is 0.478 e. The van der Waals surface area contributed by atoms with Gasteiger partial charge in [0.2, 0.25) is 0 Å². The van der Waals surface area contributed by atoms with E-state index in [1.165, 1.54) is 0 Å². The Morgan fingerprint density at radius 2 is 2.18 bits per heavy atom. The molecule has 0 aliphatic rings. The Morgan fingerprint density at radius 1 is 1.41 bits per heavy atom. The van der Waals surface area contributed by atoms with Gasteiger partial charge in [-0.25, -0.2) is 4.79 Å². The van der Waals surface area contributed by atoms with Gasteiger partial charge >= 0.3 is 5.97 Å². The highest BCUT2D eigenvalue weighted by molar-refractivity contribution is 6.02. The van der Waals surface area contributed by atoms with E-state index in [2.05, 4.69) is 6.58 Å². The van der Waals surface area contributed by atoms with Gasteiger partial charge in [0.15, 0.2) is 0 Å². The third-order valence-electron chi connectivity index (χ3n) is 2.91. The van der Waals surface area contributed by atoms with Crippen molar-refractivity contribution in [3.63, 3.8) is 0 Å². The minimum Gasteiger partial charge on any atom is -0.478 e. The summed E-state index contributed by atoms with van der Waals surface area (Å²) < 4.78 is 1.95. The lowest BCUT2D eigenvalue weighted by molar-refractivity contribution is 0.0698. The molecule has 3 nitrogen and oxygen atoms in total. The molecule has 17 heavy (non-hydrogen) atoms. The molecule has 0 fully saturated rings. The van der Waals surface area contributed by atoms with Gasteiger partial charge in [-0.05, 0) is 18.6 Å². The number of fused-ring (bicyclic) bond motifs is 1. The fourth-order valence-electron chi connectivity index (χ4n) is 1.92. The second-order valence-electron chi connectivity index (χ2n) is 4.10. The van der Waals surface area contributed by atoms with Crippen LogP contribution < -0.4 is 0 Å². The zero-order valence-electron chi connectivity index (χ0n) is 9.81. The van der Waals surface area contributed by atoms with Crippen LogP contribution in [0.25, 0.3) is 10.9 Å². The molecule has 0 unspecified atom stereocenters. The molecular formula is C14H15NO2. The molecule has 2 rings (SSSR count). The number of aromatic carboxylic acids is 1. The maximum atomic E-state index is 11.2. The number of carboxylic acids is 1. The maximum absolute atomic E-state index is 11.2. The lowest BCUT2D eigenvalue weighted by Gasteiger charge is -2.08. The van der Waals surface area contributed by atoms with Crippen molar-refractivity contribution in [1.82, 2.24) is 4.57 Å². The summed E-state index contributed by atoms with van der Waals surface area (Å²) in [5.41, 5.74) is 2.20. The first-order valence-corrected chi connectivity index (χ1v) is 5.61. The van der Waals surface area contributed by atoms with Crippen molar-refractivity contribution in [2.45, 2.75) is 19.9 Å². The Morgan fingerprint density at radius 3 is 2.82 bits per heavy atom. The molecule has 2 aromatic rings. The number of aromatic nitrogens is 1. The SMILES string of the molecule is C=C(CC)Cn1ccc2cccc(C(=O)O)c21. The van der Waals surface area contributed by atoms with E-state index in [9.17, 15) is 9.90 Å². The highest BCUT2D eigenvalue weighted by Crippen LogP contribution is 2.21. The number of allylic oxidation sites excluding steroid dienone is 1. The minimum absolute atomic E-state index is 0.344. The molecule has 0 atom stereocenters. The number of rotatable bonds is 4. The molecule has 0 radical (unpaired) electrons. The summed E-state index contributed by atoms with van der Waals surface area (Å²) in [7, 11) is 0. The van der Waals surface area contributed by atoms with Crippen molar-refractivity contribution in [2.75, 3.05) is 0 Å². The third-order valence-corrected chi connectivity index (χ3v) is 2.91. The van der Waals surface area contributed by atoms with Crippen molar-refractivity contribution in [1.29, 1.82) is 0 Å². The first-order valence-electron chi connectivity index (χ1n) is 5.61. The standard InChI is InChI=1S/C14H15NO2/c1-3-10(2)9-15-8-7-11-5-4-6-12(13(11)15)14(16)17/h4-8H,2-3,9H2,1H3,(H,16,17). The van der Waals surface area contributed by atoms with Crippen LogP contribution in [-0.2, 0) is 6.54 Å². The predicted octanol–water partition coefficient (Wildman–Crippen LogP) is 3.31. The number of carbonyl (C=O) groups is 1. The minimum atomic E-state index is -0.891. The molecule has 0 amide bonds. The molecule has 1 aromatic carbocycles. The number of hydrogen-bond donors (Lipinski definition) is 1. The Balaban J connectivity index is 2.57. The van der Waals surface area contributed by atoms with Gasteiger partial charge in [0.25, 0.3) is 0 Å². The van der Waals surface area contributed by atoms with Gasteiger partial charge in [0.05, 0.1) is 11.1 Å². The van der Waals surface area contributed by atoms with Crippen LogP contribution in [0.2, 0.25) is 0 Å². The van der Waals surface area contributed by atoms with Crippen molar-refractivity contribution in [3.05, 3.63) is 48.2 Å². The molecule has 0 saturated heterocycles. The van der Waals surface area contributed by atoms with Gasteiger partial charge in [-0.15, -0.1) is 0 Å². The van der Waals surface area contributed by atoms with Gasteiger partial charge in [0.1, 0.15) is 0 Å². The zero-order valence-corrected chi connectivity index (χ0v) is 9.81. The van der Waals surface area contributed by atoms with E-state index in [4.69, 9.17) is 0 Å². The van der Waals surface area contributed by atoms with E-state index in [1.54, 1.807) is 12.1 Å². The molecule has 3 heteroatoms. The van der Waals surface area contributed by atoms with E-state index < -0.39 is 5.97 Å². The summed E-state index contributed by atoms with van der Waals surface area (Å²) in [6.07, 6.45) is 2.81. The average Bonchev–Trinajstić information content (AvgIpc) is 2.72. The number of benzene rings is 1. The molecule has 0 spiro atoms. The van der Waals surface area contributed by atoms with Crippen LogP contribution >= 0.6 is 0 Å². The maximum Gasteiger partial charge on any atom is 0.337 e. The van der Waals surface area contributed by atoms with Gasteiger partial charge in [-0.2, -0.15) is 0 Å². The summed E-state index contributed by atoms with van der Waals surface area (Å²) in [6.45, 7) is 6.68. The Bertz CT molecular complexity index is 581. The van der Waals surface area contributed by atoms with Crippen molar-refractivity contribution >= 4 is 16.9 Å². The molecule has 0 bridgehead atoms. The Labute approximate surface area is 100.0 Å². The van der Waals surface area contributed by atoms with Gasteiger partial charge in [-0.3, -0.25) is 0 Å². The molecule has 0 aliphatic heterocycles. The highest BCUT2D eigenvalue weighted by Gasteiger charge is 2.12. The van der Waals surface area contributed by atoms with E-state index in [0.717, 1.165) is 22.9 Å². The summed E-state index contributed by atoms with van der Waals surface area (Å²) in [4.78, 5) is 11.2. The summed E-state index contributed by atoms with van der Waals surface area (Å²) >= 11 is 0. The normalized spacial score (nSPS) is 10.6. The quantitative estimate of drug-likeness (QED) is 0.817. The van der Waals surface area contributed by atoms with E-state index in [-0.39, 0.29) is 0 Å². The van der Waals surface area contributed by atoms with Crippen molar-refractivity contribution in [2.24, 2.45) is 0 Å². The van der Waals surface area contributed by atoms with Gasteiger partial charge < -0.3 is 9.67 Å². The fraction of sp³-hybridized carbons (Fsp3) is 0.214. The molecule has 1 heterocycles. The summed E-state index contributed by atoms with van der Waals surface area (Å²) in [6, 6.07) is 7.26. The second-order valence-corrected chi connectivity index (χ2v) is 4.10. The first kappa shape index (κ1) is 11.5. The number of para-hydroxylation sites is 1. The number of hydrogen-bond acceptors (Lipinski definition) is 1. The predicted molar refractivity (Wildman–Crippen MR) is 68.3 cm³/mol. The second kappa shape index (κ2) is 4.45. The topological polar surface area (TPSA) is 42.2 Å². The average molecular weight is 229 g/mol. The monoisotopic (exact) mass is 229 g/mol. The smallest absolute Gasteiger partial charge is 0.337 e. The van der Waals surface area contributed by atoms with E-state index >= 15 is 0 Å². The van der Waals surface area contributed by atoms with Crippen LogP contribution in [0.1, 0.15) is 23.7 Å². The van der Waals surface area contributed by atoms with Crippen LogP contribution in [0, 0.1) is 0 Å². The first-order chi connectivity index (χ1) is 8.13. The van der Waals surface area contributed by atoms with Crippen molar-refractivity contribution in [3.8, 4) is 0 Å². The van der Waals surface area contributed by atoms with Crippen molar-refractivity contribution < 1.29 is 9.90 Å². The van der Waals surface area contributed by atoms with Gasteiger partial charge in [0, 0.05) is 18.1 Å². The van der Waals surface area contributed by atoms with E-state index in [0.29, 0.717) is 12.1 Å². The van der Waals surface area contributed by atoms with Crippen LogP contribution in [0.3, 0.4) is 0 Å². The third kappa shape index (κ3) is 2.09. The fourth-order valence-corrected chi connectivity index (χ4v) is 1.92. The molecule has 0 aliphatic carbocycles. The highest BCUT2D eigenvalue weighted by atomic mass is 16.4. The molecule has 0 saturated carbocycles. The number of carboxylic acid groups (broad SMARTS) is 1. The molecule has 1 aromatic heterocycles. The van der Waals surface area contributed by atoms with Crippen LogP contribution in [0.4, 0.5) is 0 Å². The van der Waals surface area contributed by atoms with Crippen LogP contribution in [-0.4, -0.2) is 15.6 Å². The molecular weight excluding hydrogens is 214 g/mol. The molecule has 1 N–H and O–H groups in total. The summed E-state index contributed by atoms with van der Waals surface area (Å²) in [5, 5.41) is 10.1. The lowest BCUT2D eigenvalue weighted by atomic mass is 10.1. The number of nitrogens with zero attached hydrogens (tertiary/aromatic N) is 1. The van der Waals surface area contributed by atoms with Crippen LogP contribution in [0.5, 0.6) is 0 Å².